The third-order valence-electron chi connectivity index (χ3n) is 9.69. The van der Waals surface area contributed by atoms with Crippen molar-refractivity contribution < 1.29 is 18.9 Å². The van der Waals surface area contributed by atoms with Gasteiger partial charge in [-0.1, -0.05) is 48.5 Å². The molecule has 9 nitrogen and oxygen atoms in total. The van der Waals surface area contributed by atoms with E-state index >= 15 is 0 Å². The molecular weight excluding hydrogens is 481 g/mol. The number of hydrogen-bond donors (Lipinski definition) is 4. The Bertz CT molecular complexity index is 894. The molecule has 5 N–H and O–H groups in total. The Kier molecular flexibility index (Phi) is 9.50. The molecular formula is C28H52BN5O4. The van der Waals surface area contributed by atoms with Crippen LogP contribution in [0, 0.1) is 28.6 Å². The number of hydrogen-bond acceptors (Lipinski definition) is 5. The third kappa shape index (κ3) is 6.32. The first kappa shape index (κ1) is 30.7. The molecule has 2 amide bonds. The quantitative estimate of drug-likeness (QED) is 0.132. The van der Waals surface area contributed by atoms with Gasteiger partial charge in [0, 0.05) is 19.0 Å². The summed E-state index contributed by atoms with van der Waals surface area (Å²) in [6.07, 6.45) is 4.75. The van der Waals surface area contributed by atoms with Crippen molar-refractivity contribution in [2.45, 2.75) is 118 Å². The average Bonchev–Trinajstić information content (AvgIpc) is 3.21. The fourth-order valence-electron chi connectivity index (χ4n) is 6.49. The lowest BCUT2D eigenvalue weighted by molar-refractivity contribution is -0.199. The van der Waals surface area contributed by atoms with Crippen molar-refractivity contribution in [3.63, 3.8) is 0 Å². The first-order valence-electron chi connectivity index (χ1n) is 14.6. The molecule has 1 heterocycles. The molecule has 3 aliphatic carbocycles. The summed E-state index contributed by atoms with van der Waals surface area (Å²) < 4.78 is 13.2. The highest BCUT2D eigenvalue weighted by molar-refractivity contribution is 6.48. The van der Waals surface area contributed by atoms with Crippen molar-refractivity contribution in [1.82, 2.24) is 16.0 Å². The smallest absolute Gasteiger partial charge is 0.404 e. The molecule has 6 atom stereocenters. The Balaban J connectivity index is 1.72. The highest BCUT2D eigenvalue weighted by Gasteiger charge is 2.68. The van der Waals surface area contributed by atoms with Gasteiger partial charge in [0.1, 0.15) is 6.04 Å². The summed E-state index contributed by atoms with van der Waals surface area (Å²) in [6.45, 7) is 17.5. The van der Waals surface area contributed by atoms with Gasteiger partial charge in [0.15, 0.2) is 5.96 Å². The molecule has 0 aromatic rings. The molecule has 0 radical (unpaired) electrons. The van der Waals surface area contributed by atoms with Crippen LogP contribution in [0.5, 0.6) is 0 Å². The van der Waals surface area contributed by atoms with Gasteiger partial charge in [-0.2, -0.15) is 0 Å². The molecule has 3 saturated carbocycles. The standard InChI is InChI=1S/C28H52BN5O4/c1-10-26(4,5)24(36)33-19(12-11-13-32-25(30)31-9)23(35)34-22(14-17(2)3)29-37-21-16-18-15-20(27(18,6)7)28(21,8)38-29/h17-22H,10-16H2,1-9H3,(H,33,36)(H,34,35)(H3,30,31,32)/t18-,19-,20-,21+,22-,28-/m0/s1. The summed E-state index contributed by atoms with van der Waals surface area (Å²) in [4.78, 5) is 30.6. The Morgan fingerprint density at radius 2 is 1.87 bits per heavy atom. The summed E-state index contributed by atoms with van der Waals surface area (Å²) in [5.41, 5.74) is 5.09. The van der Waals surface area contributed by atoms with Crippen molar-refractivity contribution in [1.29, 1.82) is 0 Å². The van der Waals surface area contributed by atoms with Gasteiger partial charge >= 0.3 is 7.12 Å². The van der Waals surface area contributed by atoms with Gasteiger partial charge in [-0.3, -0.25) is 14.6 Å². The lowest BCUT2D eigenvalue weighted by Gasteiger charge is -2.64. The SMILES string of the molecule is CCC(C)(C)C(=O)N[C@@H](CCCNC(N)=NC)C(=O)N[C@@H](CC(C)C)B1O[C@@H]2C[C@@H]3C[C@@H](C3(C)C)[C@]2(C)O1. The van der Waals surface area contributed by atoms with Gasteiger partial charge in [-0.05, 0) is 68.6 Å². The number of nitrogens with two attached hydrogens (primary N) is 1. The summed E-state index contributed by atoms with van der Waals surface area (Å²) >= 11 is 0. The van der Waals surface area contributed by atoms with Crippen molar-refractivity contribution in [3.8, 4) is 0 Å². The van der Waals surface area contributed by atoms with E-state index in [1.165, 1.54) is 6.42 Å². The number of amides is 2. The largest absolute Gasteiger partial charge is 0.481 e. The second-order valence-electron chi connectivity index (χ2n) is 13.5. The Morgan fingerprint density at radius 3 is 2.45 bits per heavy atom. The molecule has 4 aliphatic rings. The molecule has 10 heteroatoms. The second-order valence-corrected chi connectivity index (χ2v) is 13.5. The zero-order chi connectivity index (χ0) is 28.5. The minimum Gasteiger partial charge on any atom is -0.404 e. The van der Waals surface area contributed by atoms with Gasteiger partial charge in [0.25, 0.3) is 0 Å². The van der Waals surface area contributed by atoms with Crippen LogP contribution in [-0.2, 0) is 18.9 Å². The summed E-state index contributed by atoms with van der Waals surface area (Å²) in [6, 6.07) is -0.671. The van der Waals surface area contributed by atoms with Crippen LogP contribution in [0.25, 0.3) is 0 Å². The number of nitrogens with one attached hydrogen (secondary N) is 3. The number of carbonyl (C=O) groups excluding carboxylic acids is 2. The van der Waals surface area contributed by atoms with Crippen LogP contribution in [0.2, 0.25) is 0 Å². The minimum atomic E-state index is -0.671. The van der Waals surface area contributed by atoms with E-state index in [0.29, 0.717) is 49.5 Å². The number of rotatable bonds is 12. The van der Waals surface area contributed by atoms with E-state index in [2.05, 4.69) is 55.6 Å². The van der Waals surface area contributed by atoms with E-state index in [1.807, 2.05) is 20.8 Å². The van der Waals surface area contributed by atoms with Crippen LogP contribution in [0.1, 0.15) is 93.9 Å². The zero-order valence-electron chi connectivity index (χ0n) is 25.1. The maximum atomic E-state index is 13.7. The van der Waals surface area contributed by atoms with E-state index < -0.39 is 18.6 Å². The van der Waals surface area contributed by atoms with Crippen LogP contribution in [0.4, 0.5) is 0 Å². The van der Waals surface area contributed by atoms with Crippen LogP contribution < -0.4 is 21.7 Å². The van der Waals surface area contributed by atoms with Gasteiger partial charge in [0.2, 0.25) is 11.8 Å². The molecule has 216 valence electrons. The summed E-state index contributed by atoms with van der Waals surface area (Å²) in [7, 11) is 1.12. The Hall–Kier alpha value is -1.81. The van der Waals surface area contributed by atoms with Crippen LogP contribution >= 0.6 is 0 Å². The Labute approximate surface area is 230 Å². The highest BCUT2D eigenvalue weighted by Crippen LogP contribution is 2.65. The molecule has 1 saturated heterocycles. The second kappa shape index (κ2) is 11.7. The van der Waals surface area contributed by atoms with Crippen molar-refractivity contribution in [2.75, 3.05) is 13.6 Å². The summed E-state index contributed by atoms with van der Waals surface area (Å²) in [5.74, 6) is 1.17. The average molecular weight is 534 g/mol. The van der Waals surface area contributed by atoms with Crippen molar-refractivity contribution in [3.05, 3.63) is 0 Å². The van der Waals surface area contributed by atoms with Crippen LogP contribution in [0.15, 0.2) is 4.99 Å². The molecule has 0 aromatic carbocycles. The molecule has 0 spiro atoms. The predicted molar refractivity (Wildman–Crippen MR) is 152 cm³/mol. The lowest BCUT2D eigenvalue weighted by Crippen LogP contribution is -2.65. The van der Waals surface area contributed by atoms with E-state index in [9.17, 15) is 9.59 Å². The molecule has 38 heavy (non-hydrogen) atoms. The summed E-state index contributed by atoms with van der Waals surface area (Å²) in [5, 5.41) is 9.27. The highest BCUT2D eigenvalue weighted by atomic mass is 16.7. The van der Waals surface area contributed by atoms with E-state index in [0.717, 1.165) is 12.8 Å². The van der Waals surface area contributed by atoms with Crippen molar-refractivity contribution in [2.24, 2.45) is 39.3 Å². The van der Waals surface area contributed by atoms with Crippen molar-refractivity contribution >= 4 is 24.9 Å². The van der Waals surface area contributed by atoms with Crippen LogP contribution in [0.3, 0.4) is 0 Å². The third-order valence-corrected chi connectivity index (χ3v) is 9.69. The Morgan fingerprint density at radius 1 is 1.18 bits per heavy atom. The minimum absolute atomic E-state index is 0.0495. The maximum absolute atomic E-state index is 13.7. The number of carbonyl (C=O) groups is 2. The molecule has 4 fully saturated rings. The number of aliphatic imine (C=N–C) groups is 1. The molecule has 0 unspecified atom stereocenters. The fourth-order valence-corrected chi connectivity index (χ4v) is 6.49. The van der Waals surface area contributed by atoms with E-state index in [1.54, 1.807) is 7.05 Å². The van der Waals surface area contributed by atoms with Crippen LogP contribution in [-0.4, -0.2) is 62.2 Å². The van der Waals surface area contributed by atoms with E-state index in [-0.39, 0.29) is 34.9 Å². The van der Waals surface area contributed by atoms with Gasteiger partial charge in [-0.25, -0.2) is 0 Å². The number of guanidine groups is 1. The van der Waals surface area contributed by atoms with Gasteiger partial charge in [0.05, 0.1) is 17.6 Å². The zero-order valence-corrected chi connectivity index (χ0v) is 25.1. The van der Waals surface area contributed by atoms with E-state index in [4.69, 9.17) is 15.0 Å². The van der Waals surface area contributed by atoms with Gasteiger partial charge in [-0.15, -0.1) is 0 Å². The normalized spacial score (nSPS) is 29.8. The maximum Gasteiger partial charge on any atom is 0.481 e. The first-order valence-corrected chi connectivity index (χ1v) is 14.6. The monoisotopic (exact) mass is 533 g/mol. The fraction of sp³-hybridized carbons (Fsp3) is 0.893. The number of nitrogens with zero attached hydrogens (tertiary/aromatic N) is 1. The molecule has 0 aromatic heterocycles. The molecule has 1 aliphatic heterocycles. The molecule has 2 bridgehead atoms. The molecule has 4 rings (SSSR count). The first-order chi connectivity index (χ1) is 17.7. The van der Waals surface area contributed by atoms with Gasteiger partial charge < -0.3 is 31.0 Å². The topological polar surface area (TPSA) is 127 Å². The lowest BCUT2D eigenvalue weighted by atomic mass is 9.43. The predicted octanol–water partition coefficient (Wildman–Crippen LogP) is 3.02.